The molecule has 0 spiro atoms. The smallest absolute Gasteiger partial charge is 0.243 e. The van der Waals surface area contributed by atoms with Gasteiger partial charge in [0.05, 0.1) is 4.90 Å². The number of carbonyl (C=O) groups is 2. The van der Waals surface area contributed by atoms with Gasteiger partial charge < -0.3 is 10.6 Å². The lowest BCUT2D eigenvalue weighted by atomic mass is 9.97. The van der Waals surface area contributed by atoms with Crippen molar-refractivity contribution in [3.8, 4) is 0 Å². The van der Waals surface area contributed by atoms with Crippen LogP contribution in [0.1, 0.15) is 44.2 Å². The van der Waals surface area contributed by atoms with Crippen molar-refractivity contribution in [2.45, 2.75) is 63.4 Å². The van der Waals surface area contributed by atoms with Gasteiger partial charge in [0.1, 0.15) is 6.04 Å². The van der Waals surface area contributed by atoms with Crippen LogP contribution in [0.3, 0.4) is 0 Å². The zero-order valence-electron chi connectivity index (χ0n) is 20.2. The van der Waals surface area contributed by atoms with Crippen LogP contribution in [-0.4, -0.2) is 49.7 Å². The van der Waals surface area contributed by atoms with Gasteiger partial charge in [-0.05, 0) is 64.2 Å². The standard InChI is InChI=1S/C26H35N3O4S/c1-19-9-13-24(14-10-19)34(32,33)29-17-15-23(16-18-29)26(31)28-21(3)25(30)27-20(2)11-12-22-7-5-4-6-8-22/h4-10,13-14,20-21,23H,11-12,15-18H2,1-3H3,(H,27,30)(H,28,31)/t20?,21-/m1/s1. The van der Waals surface area contributed by atoms with Crippen LogP contribution in [0.2, 0.25) is 0 Å². The normalized spacial score (nSPS) is 17.0. The van der Waals surface area contributed by atoms with Gasteiger partial charge in [0.25, 0.3) is 0 Å². The summed E-state index contributed by atoms with van der Waals surface area (Å²) in [6, 6.07) is 16.2. The Labute approximate surface area is 203 Å². The highest BCUT2D eigenvalue weighted by atomic mass is 32.2. The molecule has 0 aromatic heterocycles. The van der Waals surface area contributed by atoms with Crippen molar-refractivity contribution in [2.75, 3.05) is 13.1 Å². The van der Waals surface area contributed by atoms with Crippen molar-refractivity contribution >= 4 is 21.8 Å². The maximum absolute atomic E-state index is 12.9. The molecule has 0 saturated carbocycles. The minimum Gasteiger partial charge on any atom is -0.352 e. The van der Waals surface area contributed by atoms with Crippen molar-refractivity contribution in [2.24, 2.45) is 5.92 Å². The molecule has 2 atom stereocenters. The van der Waals surface area contributed by atoms with Gasteiger partial charge in [0.2, 0.25) is 21.8 Å². The topological polar surface area (TPSA) is 95.6 Å². The van der Waals surface area contributed by atoms with Crippen LogP contribution in [0, 0.1) is 12.8 Å². The average Bonchev–Trinajstić information content (AvgIpc) is 2.83. The fraction of sp³-hybridized carbons (Fsp3) is 0.462. The van der Waals surface area contributed by atoms with Crippen molar-refractivity contribution in [1.82, 2.24) is 14.9 Å². The van der Waals surface area contributed by atoms with Gasteiger partial charge in [0, 0.05) is 25.0 Å². The van der Waals surface area contributed by atoms with Gasteiger partial charge in [0.15, 0.2) is 0 Å². The third kappa shape index (κ3) is 6.90. The van der Waals surface area contributed by atoms with Gasteiger partial charge >= 0.3 is 0 Å². The summed E-state index contributed by atoms with van der Waals surface area (Å²) in [7, 11) is -3.57. The molecule has 1 unspecified atom stereocenters. The Morgan fingerprint density at radius 2 is 1.59 bits per heavy atom. The number of nitrogens with one attached hydrogen (secondary N) is 2. The molecule has 1 saturated heterocycles. The van der Waals surface area contributed by atoms with Gasteiger partial charge in [-0.15, -0.1) is 0 Å². The van der Waals surface area contributed by atoms with Crippen molar-refractivity contribution in [3.05, 3.63) is 65.7 Å². The Kier molecular flexibility index (Phi) is 8.85. The first-order chi connectivity index (χ1) is 16.2. The number of piperidine rings is 1. The maximum atomic E-state index is 12.9. The molecule has 1 heterocycles. The predicted octanol–water partition coefficient (Wildman–Crippen LogP) is 3.04. The van der Waals surface area contributed by atoms with E-state index in [-0.39, 0.29) is 41.8 Å². The molecule has 1 fully saturated rings. The predicted molar refractivity (Wildman–Crippen MR) is 133 cm³/mol. The van der Waals surface area contributed by atoms with Crippen LogP contribution >= 0.6 is 0 Å². The van der Waals surface area contributed by atoms with Crippen LogP contribution in [0.25, 0.3) is 0 Å². The molecule has 2 aromatic carbocycles. The lowest BCUT2D eigenvalue weighted by Gasteiger charge is -2.31. The Balaban J connectivity index is 1.44. The highest BCUT2D eigenvalue weighted by Crippen LogP contribution is 2.24. The lowest BCUT2D eigenvalue weighted by molar-refractivity contribution is -0.131. The molecule has 0 bridgehead atoms. The van der Waals surface area contributed by atoms with Gasteiger partial charge in [-0.25, -0.2) is 8.42 Å². The Morgan fingerprint density at radius 1 is 0.971 bits per heavy atom. The molecule has 184 valence electrons. The zero-order chi connectivity index (χ0) is 24.7. The fourth-order valence-corrected chi connectivity index (χ4v) is 5.55. The minimum atomic E-state index is -3.57. The summed E-state index contributed by atoms with van der Waals surface area (Å²) in [6.45, 7) is 6.11. The second-order valence-corrected chi connectivity index (χ2v) is 11.1. The molecular weight excluding hydrogens is 450 g/mol. The first-order valence-electron chi connectivity index (χ1n) is 11.9. The lowest BCUT2D eigenvalue weighted by Crippen LogP contribution is -2.50. The number of nitrogens with zero attached hydrogens (tertiary/aromatic N) is 1. The third-order valence-corrected chi connectivity index (χ3v) is 8.25. The van der Waals surface area contributed by atoms with E-state index in [2.05, 4.69) is 22.8 Å². The summed E-state index contributed by atoms with van der Waals surface area (Å²) in [5, 5.41) is 5.77. The molecule has 34 heavy (non-hydrogen) atoms. The van der Waals surface area contributed by atoms with Gasteiger partial charge in [-0.3, -0.25) is 9.59 Å². The maximum Gasteiger partial charge on any atom is 0.243 e. The Morgan fingerprint density at radius 3 is 2.21 bits per heavy atom. The first kappa shape index (κ1) is 25.9. The number of aryl methyl sites for hydroxylation is 2. The third-order valence-electron chi connectivity index (χ3n) is 6.33. The average molecular weight is 486 g/mol. The molecule has 2 aromatic rings. The monoisotopic (exact) mass is 485 g/mol. The van der Waals surface area contributed by atoms with Gasteiger partial charge in [-0.2, -0.15) is 4.31 Å². The molecule has 8 heteroatoms. The van der Waals surface area contributed by atoms with E-state index >= 15 is 0 Å². The quantitative estimate of drug-likeness (QED) is 0.571. The van der Waals surface area contributed by atoms with E-state index in [0.717, 1.165) is 18.4 Å². The molecule has 1 aliphatic rings. The van der Waals surface area contributed by atoms with Crippen LogP contribution in [-0.2, 0) is 26.0 Å². The minimum absolute atomic E-state index is 0.0118. The fourth-order valence-electron chi connectivity index (χ4n) is 4.08. The number of sulfonamides is 1. The SMILES string of the molecule is Cc1ccc(S(=O)(=O)N2CCC(C(=O)N[C@H](C)C(=O)NC(C)CCc3ccccc3)CC2)cc1. The Hall–Kier alpha value is -2.71. The first-order valence-corrected chi connectivity index (χ1v) is 13.3. The molecule has 7 nitrogen and oxygen atoms in total. The summed E-state index contributed by atoms with van der Waals surface area (Å²) in [5.74, 6) is -0.726. The molecule has 1 aliphatic heterocycles. The van der Waals surface area contributed by atoms with Crippen LogP contribution in [0.4, 0.5) is 0 Å². The highest BCUT2D eigenvalue weighted by Gasteiger charge is 2.33. The van der Waals surface area contributed by atoms with Crippen molar-refractivity contribution in [1.29, 1.82) is 0 Å². The van der Waals surface area contributed by atoms with Crippen molar-refractivity contribution in [3.63, 3.8) is 0 Å². The number of rotatable bonds is 9. The summed E-state index contributed by atoms with van der Waals surface area (Å²) >= 11 is 0. The molecule has 0 radical (unpaired) electrons. The Bertz CT molecular complexity index is 1060. The molecular formula is C26H35N3O4S. The molecule has 2 N–H and O–H groups in total. The molecule has 2 amide bonds. The van der Waals surface area contributed by atoms with Crippen LogP contribution in [0.5, 0.6) is 0 Å². The zero-order valence-corrected chi connectivity index (χ0v) is 21.0. The van der Waals surface area contributed by atoms with E-state index in [0.29, 0.717) is 12.8 Å². The summed E-state index contributed by atoms with van der Waals surface area (Å²) in [5.41, 5.74) is 2.22. The van der Waals surface area contributed by atoms with E-state index in [4.69, 9.17) is 0 Å². The number of amides is 2. The van der Waals surface area contributed by atoms with Crippen molar-refractivity contribution < 1.29 is 18.0 Å². The number of hydrogen-bond donors (Lipinski definition) is 2. The van der Waals surface area contributed by atoms with Crippen LogP contribution < -0.4 is 10.6 Å². The highest BCUT2D eigenvalue weighted by molar-refractivity contribution is 7.89. The molecule has 3 rings (SSSR count). The number of carbonyl (C=O) groups excluding carboxylic acids is 2. The second kappa shape index (κ2) is 11.6. The van der Waals surface area contributed by atoms with Crippen LogP contribution in [0.15, 0.2) is 59.5 Å². The molecule has 0 aliphatic carbocycles. The van der Waals surface area contributed by atoms with E-state index in [1.54, 1.807) is 31.2 Å². The number of hydrogen-bond acceptors (Lipinski definition) is 4. The second-order valence-electron chi connectivity index (χ2n) is 9.16. The van der Waals surface area contributed by atoms with Gasteiger partial charge in [-0.1, -0.05) is 48.0 Å². The summed E-state index contributed by atoms with van der Waals surface area (Å²) in [4.78, 5) is 25.5. The van der Waals surface area contributed by atoms with E-state index < -0.39 is 16.1 Å². The van der Waals surface area contributed by atoms with E-state index in [1.165, 1.54) is 9.87 Å². The van der Waals surface area contributed by atoms with E-state index in [1.807, 2.05) is 32.0 Å². The van der Waals surface area contributed by atoms with E-state index in [9.17, 15) is 18.0 Å². The summed E-state index contributed by atoms with van der Waals surface area (Å²) < 4.78 is 27.2. The number of benzene rings is 2. The summed E-state index contributed by atoms with van der Waals surface area (Å²) in [6.07, 6.45) is 2.54. The largest absolute Gasteiger partial charge is 0.352 e.